The van der Waals surface area contributed by atoms with Gasteiger partial charge in [0.25, 0.3) is 0 Å². The molecular weight excluding hydrogens is 208 g/mol. The summed E-state index contributed by atoms with van der Waals surface area (Å²) in [6.07, 6.45) is 2.34. The van der Waals surface area contributed by atoms with Crippen LogP contribution in [-0.2, 0) is 11.2 Å². The second-order valence-electron chi connectivity index (χ2n) is 3.75. The summed E-state index contributed by atoms with van der Waals surface area (Å²) in [4.78, 5) is 16.1. The van der Waals surface area contributed by atoms with E-state index in [0.717, 1.165) is 23.5 Å². The molecule has 1 aromatic heterocycles. The van der Waals surface area contributed by atoms with Crippen molar-refractivity contribution >= 4 is 17.1 Å². The summed E-state index contributed by atoms with van der Waals surface area (Å²) < 4.78 is 0. The van der Waals surface area contributed by atoms with Gasteiger partial charge in [0.1, 0.15) is 10.8 Å². The minimum atomic E-state index is 0.0132. The summed E-state index contributed by atoms with van der Waals surface area (Å²) in [5.74, 6) is 0.243. The molecule has 1 atom stereocenters. The molecule has 0 saturated carbocycles. The van der Waals surface area contributed by atoms with Gasteiger partial charge in [0.05, 0.1) is 6.42 Å². The molecule has 0 aromatic carbocycles. The highest BCUT2D eigenvalue weighted by Gasteiger charge is 2.17. The molecule has 1 aromatic rings. The van der Waals surface area contributed by atoms with Crippen LogP contribution in [0.2, 0.25) is 0 Å². The number of Topliss-reactive ketones (excluding diaryl/α,β-unsaturated/α-hetero) is 1. The molecule has 2 N–H and O–H groups in total. The number of ketones is 1. The molecule has 84 valence electrons. The predicted molar refractivity (Wildman–Crippen MR) is 63.0 cm³/mol. The van der Waals surface area contributed by atoms with Crippen molar-refractivity contribution < 1.29 is 4.79 Å². The first-order chi connectivity index (χ1) is 7.17. The summed E-state index contributed by atoms with van der Waals surface area (Å²) in [5, 5.41) is 2.88. The van der Waals surface area contributed by atoms with Gasteiger partial charge >= 0.3 is 0 Å². The molecule has 0 fully saturated rings. The standard InChI is InChI=1S/C11H18N2OS/c1-3-4-9(6-12)10(14)5-11-13-8(2)7-15-11/h7,9H,3-6,12H2,1-2H3. The van der Waals surface area contributed by atoms with Gasteiger partial charge in [-0.1, -0.05) is 13.3 Å². The highest BCUT2D eigenvalue weighted by molar-refractivity contribution is 7.09. The van der Waals surface area contributed by atoms with E-state index in [0.29, 0.717) is 13.0 Å². The van der Waals surface area contributed by atoms with Crippen molar-refractivity contribution in [2.24, 2.45) is 11.7 Å². The van der Waals surface area contributed by atoms with E-state index >= 15 is 0 Å². The zero-order chi connectivity index (χ0) is 11.3. The van der Waals surface area contributed by atoms with Crippen LogP contribution in [0.1, 0.15) is 30.5 Å². The van der Waals surface area contributed by atoms with Crippen LogP contribution < -0.4 is 5.73 Å². The smallest absolute Gasteiger partial charge is 0.144 e. The number of nitrogens with two attached hydrogens (primary N) is 1. The largest absolute Gasteiger partial charge is 0.330 e. The van der Waals surface area contributed by atoms with E-state index in [1.54, 1.807) is 11.3 Å². The molecular formula is C11H18N2OS. The van der Waals surface area contributed by atoms with Crippen molar-refractivity contribution in [2.45, 2.75) is 33.1 Å². The Labute approximate surface area is 94.7 Å². The molecule has 0 radical (unpaired) electrons. The topological polar surface area (TPSA) is 56.0 Å². The van der Waals surface area contributed by atoms with E-state index in [1.807, 2.05) is 12.3 Å². The van der Waals surface area contributed by atoms with Crippen molar-refractivity contribution in [1.29, 1.82) is 0 Å². The summed E-state index contributed by atoms with van der Waals surface area (Å²) in [5.41, 5.74) is 6.57. The summed E-state index contributed by atoms with van der Waals surface area (Å²) in [6, 6.07) is 0. The number of thiazole rings is 1. The van der Waals surface area contributed by atoms with E-state index in [1.165, 1.54) is 0 Å². The zero-order valence-electron chi connectivity index (χ0n) is 9.32. The van der Waals surface area contributed by atoms with Crippen molar-refractivity contribution in [3.8, 4) is 0 Å². The maximum absolute atomic E-state index is 11.8. The van der Waals surface area contributed by atoms with Gasteiger partial charge in [-0.05, 0) is 13.3 Å². The van der Waals surface area contributed by atoms with Gasteiger partial charge in [-0.15, -0.1) is 11.3 Å². The molecule has 0 saturated heterocycles. The quantitative estimate of drug-likeness (QED) is 0.806. The average Bonchev–Trinajstić information content (AvgIpc) is 2.60. The van der Waals surface area contributed by atoms with Crippen molar-refractivity contribution in [1.82, 2.24) is 4.98 Å². The fourth-order valence-electron chi connectivity index (χ4n) is 1.54. The zero-order valence-corrected chi connectivity index (χ0v) is 10.1. The van der Waals surface area contributed by atoms with Crippen molar-refractivity contribution in [3.05, 3.63) is 16.1 Å². The molecule has 3 nitrogen and oxygen atoms in total. The van der Waals surface area contributed by atoms with Gasteiger partial charge < -0.3 is 5.73 Å². The molecule has 1 heterocycles. The molecule has 1 unspecified atom stereocenters. The van der Waals surface area contributed by atoms with Gasteiger partial charge in [0, 0.05) is 23.5 Å². The lowest BCUT2D eigenvalue weighted by Crippen LogP contribution is -2.25. The molecule has 15 heavy (non-hydrogen) atoms. The Hall–Kier alpha value is -0.740. The third-order valence-electron chi connectivity index (χ3n) is 2.37. The number of carbonyl (C=O) groups excluding carboxylic acids is 1. The maximum Gasteiger partial charge on any atom is 0.144 e. The lowest BCUT2D eigenvalue weighted by Gasteiger charge is -2.10. The number of rotatable bonds is 6. The SMILES string of the molecule is CCCC(CN)C(=O)Cc1nc(C)cs1. The van der Waals surface area contributed by atoms with Crippen LogP contribution >= 0.6 is 11.3 Å². The molecule has 0 bridgehead atoms. The lowest BCUT2D eigenvalue weighted by molar-refractivity contribution is -0.122. The van der Waals surface area contributed by atoms with E-state index in [-0.39, 0.29) is 11.7 Å². The van der Waals surface area contributed by atoms with Crippen LogP contribution in [0.4, 0.5) is 0 Å². The van der Waals surface area contributed by atoms with E-state index in [4.69, 9.17) is 5.73 Å². The van der Waals surface area contributed by atoms with E-state index < -0.39 is 0 Å². The molecule has 0 aliphatic rings. The van der Waals surface area contributed by atoms with E-state index in [9.17, 15) is 4.79 Å². The van der Waals surface area contributed by atoms with Crippen LogP contribution in [0.3, 0.4) is 0 Å². The number of aromatic nitrogens is 1. The number of nitrogens with zero attached hydrogens (tertiary/aromatic N) is 1. The third-order valence-corrected chi connectivity index (χ3v) is 3.34. The molecule has 4 heteroatoms. The average molecular weight is 226 g/mol. The van der Waals surface area contributed by atoms with Crippen LogP contribution in [0.5, 0.6) is 0 Å². The monoisotopic (exact) mass is 226 g/mol. The van der Waals surface area contributed by atoms with Gasteiger partial charge in [0.15, 0.2) is 0 Å². The van der Waals surface area contributed by atoms with Crippen molar-refractivity contribution in [3.63, 3.8) is 0 Å². The number of aryl methyl sites for hydroxylation is 1. The number of carbonyl (C=O) groups is 1. The summed E-state index contributed by atoms with van der Waals surface area (Å²) >= 11 is 1.55. The maximum atomic E-state index is 11.8. The number of hydrogen-bond acceptors (Lipinski definition) is 4. The Balaban J connectivity index is 2.53. The van der Waals surface area contributed by atoms with Crippen LogP contribution in [0.15, 0.2) is 5.38 Å². The lowest BCUT2D eigenvalue weighted by atomic mass is 9.97. The van der Waals surface area contributed by atoms with Gasteiger partial charge in [0.2, 0.25) is 0 Å². The van der Waals surface area contributed by atoms with Crippen LogP contribution in [-0.4, -0.2) is 17.3 Å². The Morgan fingerprint density at radius 1 is 1.67 bits per heavy atom. The second-order valence-corrected chi connectivity index (χ2v) is 4.69. The predicted octanol–water partition coefficient (Wildman–Crippen LogP) is 1.94. The minimum Gasteiger partial charge on any atom is -0.330 e. The molecule has 0 amide bonds. The Bertz CT molecular complexity index is 322. The van der Waals surface area contributed by atoms with Crippen molar-refractivity contribution in [2.75, 3.05) is 6.54 Å². The van der Waals surface area contributed by atoms with Crippen LogP contribution in [0, 0.1) is 12.8 Å². The van der Waals surface area contributed by atoms with Gasteiger partial charge in [-0.3, -0.25) is 4.79 Å². The Morgan fingerprint density at radius 3 is 2.87 bits per heavy atom. The molecule has 0 aliphatic carbocycles. The third kappa shape index (κ3) is 3.72. The first kappa shape index (κ1) is 12.3. The highest BCUT2D eigenvalue weighted by Crippen LogP contribution is 2.14. The Kier molecular flexibility index (Phi) is 4.91. The normalized spacial score (nSPS) is 12.7. The van der Waals surface area contributed by atoms with Crippen LogP contribution in [0.25, 0.3) is 0 Å². The Morgan fingerprint density at radius 2 is 2.40 bits per heavy atom. The van der Waals surface area contributed by atoms with Gasteiger partial charge in [-0.25, -0.2) is 4.98 Å². The first-order valence-corrected chi connectivity index (χ1v) is 6.19. The van der Waals surface area contributed by atoms with Gasteiger partial charge in [-0.2, -0.15) is 0 Å². The number of hydrogen-bond donors (Lipinski definition) is 1. The highest BCUT2D eigenvalue weighted by atomic mass is 32.1. The fraction of sp³-hybridized carbons (Fsp3) is 0.636. The molecule has 0 spiro atoms. The van der Waals surface area contributed by atoms with E-state index in [2.05, 4.69) is 11.9 Å². The second kappa shape index (κ2) is 5.98. The molecule has 1 rings (SSSR count). The summed E-state index contributed by atoms with van der Waals surface area (Å²) in [7, 11) is 0. The fourth-order valence-corrected chi connectivity index (χ4v) is 2.32. The first-order valence-electron chi connectivity index (χ1n) is 5.31. The summed E-state index contributed by atoms with van der Waals surface area (Å²) in [6.45, 7) is 4.47. The minimum absolute atomic E-state index is 0.0132. The molecule has 0 aliphatic heterocycles.